The quantitative estimate of drug-likeness (QED) is 0.620. The summed E-state index contributed by atoms with van der Waals surface area (Å²) in [5.74, 6) is -0.568. The predicted octanol–water partition coefficient (Wildman–Crippen LogP) is 1.69. The summed E-state index contributed by atoms with van der Waals surface area (Å²) in [6.45, 7) is 7.68. The van der Waals surface area contributed by atoms with Crippen molar-refractivity contribution in [2.24, 2.45) is 5.92 Å². The molecular formula is C9H16O3. The Morgan fingerprint density at radius 3 is 2.58 bits per heavy atom. The summed E-state index contributed by atoms with van der Waals surface area (Å²) in [5, 5.41) is 8.69. The molecule has 0 aliphatic heterocycles. The highest BCUT2D eigenvalue weighted by Crippen LogP contribution is 2.08. The first-order valence-corrected chi connectivity index (χ1v) is 4.03. The van der Waals surface area contributed by atoms with Crippen molar-refractivity contribution in [3.8, 4) is 0 Å². The number of carboxylic acids is 1. The Kier molecular flexibility index (Phi) is 5.37. The van der Waals surface area contributed by atoms with Gasteiger partial charge in [-0.1, -0.05) is 19.9 Å². The lowest BCUT2D eigenvalue weighted by Crippen LogP contribution is -2.25. The molecule has 0 aliphatic carbocycles. The Morgan fingerprint density at radius 1 is 1.67 bits per heavy atom. The lowest BCUT2D eigenvalue weighted by molar-refractivity contribution is -0.150. The molecule has 1 atom stereocenters. The zero-order valence-corrected chi connectivity index (χ0v) is 7.62. The van der Waals surface area contributed by atoms with Crippen LogP contribution >= 0.6 is 0 Å². The third-order valence-corrected chi connectivity index (χ3v) is 1.38. The Labute approximate surface area is 73.0 Å². The van der Waals surface area contributed by atoms with Gasteiger partial charge in [-0.2, -0.15) is 0 Å². The van der Waals surface area contributed by atoms with Crippen molar-refractivity contribution in [2.75, 3.05) is 6.61 Å². The first kappa shape index (κ1) is 11.2. The lowest BCUT2D eigenvalue weighted by atomic mass is 10.1. The third kappa shape index (κ3) is 4.91. The number of hydrogen-bond acceptors (Lipinski definition) is 2. The molecule has 0 heterocycles. The van der Waals surface area contributed by atoms with E-state index < -0.39 is 12.1 Å². The average Bonchev–Trinajstić information content (AvgIpc) is 1.96. The number of rotatable bonds is 6. The van der Waals surface area contributed by atoms with Crippen molar-refractivity contribution in [3.05, 3.63) is 12.7 Å². The van der Waals surface area contributed by atoms with E-state index in [1.54, 1.807) is 6.08 Å². The van der Waals surface area contributed by atoms with E-state index in [4.69, 9.17) is 9.84 Å². The monoisotopic (exact) mass is 172 g/mol. The van der Waals surface area contributed by atoms with Gasteiger partial charge in [0.2, 0.25) is 0 Å². The molecule has 3 heteroatoms. The molecule has 3 nitrogen and oxygen atoms in total. The van der Waals surface area contributed by atoms with Gasteiger partial charge in [0.1, 0.15) is 0 Å². The van der Waals surface area contributed by atoms with E-state index in [2.05, 4.69) is 6.58 Å². The molecule has 0 saturated heterocycles. The van der Waals surface area contributed by atoms with Crippen LogP contribution in [0.5, 0.6) is 0 Å². The second kappa shape index (κ2) is 5.77. The molecule has 0 radical (unpaired) electrons. The standard InChI is InChI=1S/C9H16O3/c1-4-5-12-8(9(10)11)6-7(2)3/h4,7-8H,1,5-6H2,2-3H3,(H,10,11). The molecule has 70 valence electrons. The van der Waals surface area contributed by atoms with Crippen LogP contribution in [0.2, 0.25) is 0 Å². The molecule has 12 heavy (non-hydrogen) atoms. The summed E-state index contributed by atoms with van der Waals surface area (Å²) in [4.78, 5) is 10.6. The summed E-state index contributed by atoms with van der Waals surface area (Å²) in [6, 6.07) is 0. The average molecular weight is 172 g/mol. The van der Waals surface area contributed by atoms with Crippen molar-refractivity contribution in [1.82, 2.24) is 0 Å². The van der Waals surface area contributed by atoms with Crippen molar-refractivity contribution >= 4 is 5.97 Å². The Bertz CT molecular complexity index is 152. The van der Waals surface area contributed by atoms with E-state index in [1.165, 1.54) is 0 Å². The van der Waals surface area contributed by atoms with Crippen LogP contribution in [0.25, 0.3) is 0 Å². The van der Waals surface area contributed by atoms with Crippen LogP contribution in [-0.4, -0.2) is 23.8 Å². The molecule has 0 spiro atoms. The molecule has 0 bridgehead atoms. The van der Waals surface area contributed by atoms with Crippen LogP contribution in [-0.2, 0) is 9.53 Å². The summed E-state index contributed by atoms with van der Waals surface area (Å²) in [5.41, 5.74) is 0. The Hall–Kier alpha value is -0.830. The number of ether oxygens (including phenoxy) is 1. The highest BCUT2D eigenvalue weighted by atomic mass is 16.5. The first-order valence-electron chi connectivity index (χ1n) is 4.03. The van der Waals surface area contributed by atoms with E-state index in [0.29, 0.717) is 18.9 Å². The third-order valence-electron chi connectivity index (χ3n) is 1.38. The highest BCUT2D eigenvalue weighted by Gasteiger charge is 2.18. The largest absolute Gasteiger partial charge is 0.479 e. The summed E-state index contributed by atoms with van der Waals surface area (Å²) < 4.78 is 5.05. The molecule has 0 aromatic heterocycles. The Morgan fingerprint density at radius 2 is 2.25 bits per heavy atom. The molecule has 0 amide bonds. The van der Waals surface area contributed by atoms with Crippen molar-refractivity contribution in [1.29, 1.82) is 0 Å². The minimum absolute atomic E-state index is 0.295. The van der Waals surface area contributed by atoms with Gasteiger partial charge in [-0.25, -0.2) is 4.79 Å². The van der Waals surface area contributed by atoms with Crippen LogP contribution in [0.15, 0.2) is 12.7 Å². The van der Waals surface area contributed by atoms with Crippen LogP contribution in [0.4, 0.5) is 0 Å². The summed E-state index contributed by atoms with van der Waals surface area (Å²) >= 11 is 0. The fourth-order valence-corrected chi connectivity index (χ4v) is 0.852. The lowest BCUT2D eigenvalue weighted by Gasteiger charge is -2.13. The van der Waals surface area contributed by atoms with E-state index >= 15 is 0 Å². The molecule has 0 saturated carbocycles. The number of carboxylic acid groups (broad SMARTS) is 1. The van der Waals surface area contributed by atoms with E-state index in [1.807, 2.05) is 13.8 Å². The number of carbonyl (C=O) groups is 1. The molecule has 1 unspecified atom stereocenters. The van der Waals surface area contributed by atoms with Crippen molar-refractivity contribution < 1.29 is 14.6 Å². The zero-order chi connectivity index (χ0) is 9.56. The van der Waals surface area contributed by atoms with Gasteiger partial charge < -0.3 is 9.84 Å². The highest BCUT2D eigenvalue weighted by molar-refractivity contribution is 5.72. The summed E-state index contributed by atoms with van der Waals surface area (Å²) in [7, 11) is 0. The molecular weight excluding hydrogens is 156 g/mol. The minimum Gasteiger partial charge on any atom is -0.479 e. The molecule has 0 aliphatic rings. The van der Waals surface area contributed by atoms with E-state index in [-0.39, 0.29) is 0 Å². The van der Waals surface area contributed by atoms with E-state index in [9.17, 15) is 4.79 Å². The van der Waals surface area contributed by atoms with Gasteiger partial charge in [0.15, 0.2) is 6.10 Å². The normalized spacial score (nSPS) is 12.9. The van der Waals surface area contributed by atoms with Gasteiger partial charge in [-0.15, -0.1) is 6.58 Å². The first-order chi connectivity index (χ1) is 5.57. The fraction of sp³-hybridized carbons (Fsp3) is 0.667. The van der Waals surface area contributed by atoms with Crippen molar-refractivity contribution in [2.45, 2.75) is 26.4 Å². The molecule has 0 aromatic rings. The fourth-order valence-electron chi connectivity index (χ4n) is 0.852. The number of hydrogen-bond donors (Lipinski definition) is 1. The second-order valence-electron chi connectivity index (χ2n) is 3.08. The van der Waals surface area contributed by atoms with Gasteiger partial charge in [-0.05, 0) is 12.3 Å². The summed E-state index contributed by atoms with van der Waals surface area (Å²) in [6.07, 6.45) is 1.40. The van der Waals surface area contributed by atoms with Gasteiger partial charge in [0.25, 0.3) is 0 Å². The number of aliphatic carboxylic acids is 1. The maximum Gasteiger partial charge on any atom is 0.332 e. The molecule has 0 rings (SSSR count). The van der Waals surface area contributed by atoms with E-state index in [0.717, 1.165) is 0 Å². The van der Waals surface area contributed by atoms with Crippen LogP contribution in [0.3, 0.4) is 0 Å². The van der Waals surface area contributed by atoms with Crippen LogP contribution < -0.4 is 0 Å². The topological polar surface area (TPSA) is 46.5 Å². The van der Waals surface area contributed by atoms with Gasteiger partial charge in [-0.3, -0.25) is 0 Å². The second-order valence-corrected chi connectivity index (χ2v) is 3.08. The predicted molar refractivity (Wildman–Crippen MR) is 47.0 cm³/mol. The minimum atomic E-state index is -0.898. The zero-order valence-electron chi connectivity index (χ0n) is 7.62. The van der Waals surface area contributed by atoms with Crippen molar-refractivity contribution in [3.63, 3.8) is 0 Å². The maximum atomic E-state index is 10.6. The van der Waals surface area contributed by atoms with Gasteiger partial charge in [0.05, 0.1) is 6.61 Å². The SMILES string of the molecule is C=CCOC(CC(C)C)C(=O)O. The molecule has 1 N–H and O–H groups in total. The molecule has 0 fully saturated rings. The molecule has 0 aromatic carbocycles. The van der Waals surface area contributed by atoms with Gasteiger partial charge in [0, 0.05) is 0 Å². The van der Waals surface area contributed by atoms with Crippen LogP contribution in [0, 0.1) is 5.92 Å². The Balaban J connectivity index is 3.86. The van der Waals surface area contributed by atoms with Gasteiger partial charge >= 0.3 is 5.97 Å². The maximum absolute atomic E-state index is 10.6. The smallest absolute Gasteiger partial charge is 0.332 e. The van der Waals surface area contributed by atoms with Crippen LogP contribution in [0.1, 0.15) is 20.3 Å².